The predicted molar refractivity (Wildman–Crippen MR) is 75.9 cm³/mol. The summed E-state index contributed by atoms with van der Waals surface area (Å²) in [6.07, 6.45) is 2.48. The summed E-state index contributed by atoms with van der Waals surface area (Å²) >= 11 is 0. The Morgan fingerprint density at radius 3 is 2.58 bits per heavy atom. The Bertz CT molecular complexity index is 442. The fourth-order valence-electron chi connectivity index (χ4n) is 2.32. The first-order valence-electron chi connectivity index (χ1n) is 6.92. The van der Waals surface area contributed by atoms with E-state index in [4.69, 9.17) is 0 Å². The van der Waals surface area contributed by atoms with Crippen LogP contribution in [0.5, 0.6) is 0 Å². The highest BCUT2D eigenvalue weighted by molar-refractivity contribution is 5.79. The molecule has 2 heterocycles. The lowest BCUT2D eigenvalue weighted by atomic mass is 10.00. The Morgan fingerprint density at radius 1 is 1.37 bits per heavy atom. The summed E-state index contributed by atoms with van der Waals surface area (Å²) < 4.78 is 2.00. The van der Waals surface area contributed by atoms with Gasteiger partial charge < -0.3 is 14.8 Å². The van der Waals surface area contributed by atoms with Gasteiger partial charge in [-0.25, -0.2) is 0 Å². The number of aromatic nitrogens is 3. The Labute approximate surface area is 114 Å². The van der Waals surface area contributed by atoms with Gasteiger partial charge in [-0.1, -0.05) is 6.92 Å². The van der Waals surface area contributed by atoms with Crippen molar-refractivity contribution in [1.82, 2.24) is 25.0 Å². The molecule has 0 aliphatic carbocycles. The second-order valence-electron chi connectivity index (χ2n) is 5.29. The van der Waals surface area contributed by atoms with E-state index in [-0.39, 0.29) is 0 Å². The molecule has 1 fully saturated rings. The lowest BCUT2D eigenvalue weighted by Gasteiger charge is -2.32. The molecule has 0 aromatic carbocycles. The van der Waals surface area contributed by atoms with E-state index in [1.807, 2.05) is 25.6 Å². The van der Waals surface area contributed by atoms with E-state index in [0.717, 1.165) is 36.6 Å². The van der Waals surface area contributed by atoms with Crippen LogP contribution >= 0.6 is 0 Å². The van der Waals surface area contributed by atoms with Crippen LogP contribution in [-0.4, -0.2) is 45.8 Å². The van der Waals surface area contributed by atoms with Gasteiger partial charge in [0.25, 0.3) is 0 Å². The number of nitrogens with zero attached hydrogens (tertiary/aromatic N) is 5. The van der Waals surface area contributed by atoms with Gasteiger partial charge in [0.15, 0.2) is 11.8 Å². The SMILES string of the molecule is CN=C(NCc1nnc(C)n1C)N1CCC(C)CC1. The summed E-state index contributed by atoms with van der Waals surface area (Å²) in [4.78, 5) is 6.68. The van der Waals surface area contributed by atoms with Crippen LogP contribution in [0.25, 0.3) is 0 Å². The number of nitrogens with one attached hydrogen (secondary N) is 1. The summed E-state index contributed by atoms with van der Waals surface area (Å²) in [5, 5.41) is 11.6. The molecule has 1 saturated heterocycles. The largest absolute Gasteiger partial charge is 0.349 e. The molecule has 1 aliphatic heterocycles. The fourth-order valence-corrected chi connectivity index (χ4v) is 2.32. The molecule has 6 nitrogen and oxygen atoms in total. The molecule has 0 bridgehead atoms. The second kappa shape index (κ2) is 6.04. The van der Waals surface area contributed by atoms with Crippen molar-refractivity contribution in [3.63, 3.8) is 0 Å². The molecule has 0 amide bonds. The van der Waals surface area contributed by atoms with Gasteiger partial charge in [-0.15, -0.1) is 10.2 Å². The Morgan fingerprint density at radius 2 is 2.05 bits per heavy atom. The van der Waals surface area contributed by atoms with E-state index >= 15 is 0 Å². The molecule has 0 unspecified atom stereocenters. The van der Waals surface area contributed by atoms with Crippen molar-refractivity contribution in [3.8, 4) is 0 Å². The number of piperidine rings is 1. The van der Waals surface area contributed by atoms with E-state index in [1.54, 1.807) is 0 Å². The lowest BCUT2D eigenvalue weighted by Crippen LogP contribution is -2.45. The van der Waals surface area contributed by atoms with E-state index < -0.39 is 0 Å². The van der Waals surface area contributed by atoms with Crippen molar-refractivity contribution < 1.29 is 0 Å². The lowest BCUT2D eigenvalue weighted by molar-refractivity contribution is 0.273. The predicted octanol–water partition coefficient (Wildman–Crippen LogP) is 0.931. The van der Waals surface area contributed by atoms with Crippen LogP contribution in [0.1, 0.15) is 31.4 Å². The summed E-state index contributed by atoms with van der Waals surface area (Å²) in [6, 6.07) is 0. The average Bonchev–Trinajstić information content (AvgIpc) is 2.73. The minimum Gasteiger partial charge on any atom is -0.349 e. The second-order valence-corrected chi connectivity index (χ2v) is 5.29. The first-order chi connectivity index (χ1) is 9.11. The molecule has 1 aromatic rings. The highest BCUT2D eigenvalue weighted by atomic mass is 15.3. The molecule has 0 radical (unpaired) electrons. The minimum atomic E-state index is 0.663. The standard InChI is InChI=1S/C13H24N6/c1-10-5-7-19(8-6-10)13(14-3)15-9-12-17-16-11(2)18(12)4/h10H,5-9H2,1-4H3,(H,14,15). The van der Waals surface area contributed by atoms with Crippen LogP contribution in [-0.2, 0) is 13.6 Å². The highest BCUT2D eigenvalue weighted by Gasteiger charge is 2.18. The maximum absolute atomic E-state index is 4.36. The summed E-state index contributed by atoms with van der Waals surface area (Å²) in [5.74, 6) is 3.66. The Hall–Kier alpha value is -1.59. The van der Waals surface area contributed by atoms with Gasteiger partial charge in [0.05, 0.1) is 6.54 Å². The van der Waals surface area contributed by atoms with Crippen LogP contribution in [0.4, 0.5) is 0 Å². The van der Waals surface area contributed by atoms with E-state index in [1.165, 1.54) is 12.8 Å². The third-order valence-electron chi connectivity index (χ3n) is 3.88. The number of hydrogen-bond donors (Lipinski definition) is 1. The van der Waals surface area contributed by atoms with Crippen molar-refractivity contribution in [2.75, 3.05) is 20.1 Å². The average molecular weight is 264 g/mol. The van der Waals surface area contributed by atoms with Crippen molar-refractivity contribution in [2.24, 2.45) is 18.0 Å². The molecule has 6 heteroatoms. The van der Waals surface area contributed by atoms with Crippen molar-refractivity contribution in [3.05, 3.63) is 11.6 Å². The van der Waals surface area contributed by atoms with Crippen molar-refractivity contribution in [2.45, 2.75) is 33.2 Å². The first-order valence-corrected chi connectivity index (χ1v) is 6.92. The molecule has 2 rings (SSSR count). The molecule has 1 aromatic heterocycles. The van der Waals surface area contributed by atoms with E-state index in [0.29, 0.717) is 6.54 Å². The molecule has 0 saturated carbocycles. The quantitative estimate of drug-likeness (QED) is 0.638. The number of rotatable bonds is 2. The summed E-state index contributed by atoms with van der Waals surface area (Å²) in [6.45, 7) is 7.10. The molecule has 1 N–H and O–H groups in total. The number of hydrogen-bond acceptors (Lipinski definition) is 3. The summed E-state index contributed by atoms with van der Waals surface area (Å²) in [7, 11) is 3.82. The summed E-state index contributed by atoms with van der Waals surface area (Å²) in [5.41, 5.74) is 0. The van der Waals surface area contributed by atoms with Gasteiger partial charge in [-0.05, 0) is 25.7 Å². The number of aryl methyl sites for hydroxylation is 1. The van der Waals surface area contributed by atoms with Gasteiger partial charge >= 0.3 is 0 Å². The molecule has 19 heavy (non-hydrogen) atoms. The number of aliphatic imine (C=N–C) groups is 1. The molecule has 0 atom stereocenters. The highest BCUT2D eigenvalue weighted by Crippen LogP contribution is 2.15. The molecule has 0 spiro atoms. The van der Waals surface area contributed by atoms with Crippen LogP contribution in [0, 0.1) is 12.8 Å². The molecular formula is C13H24N6. The topological polar surface area (TPSA) is 58.3 Å². The van der Waals surface area contributed by atoms with Crippen molar-refractivity contribution in [1.29, 1.82) is 0 Å². The zero-order chi connectivity index (χ0) is 13.8. The Kier molecular flexibility index (Phi) is 4.39. The van der Waals surface area contributed by atoms with Crippen LogP contribution in [0.3, 0.4) is 0 Å². The van der Waals surface area contributed by atoms with Gasteiger partial charge in [0.2, 0.25) is 0 Å². The number of guanidine groups is 1. The van der Waals surface area contributed by atoms with E-state index in [9.17, 15) is 0 Å². The van der Waals surface area contributed by atoms with Crippen molar-refractivity contribution >= 4 is 5.96 Å². The Balaban J connectivity index is 1.91. The third-order valence-corrected chi connectivity index (χ3v) is 3.88. The first kappa shape index (κ1) is 13.8. The monoisotopic (exact) mass is 264 g/mol. The van der Waals surface area contributed by atoms with Crippen LogP contribution in [0.15, 0.2) is 4.99 Å². The molecular weight excluding hydrogens is 240 g/mol. The van der Waals surface area contributed by atoms with Gasteiger partial charge in [-0.3, -0.25) is 4.99 Å². The van der Waals surface area contributed by atoms with Gasteiger partial charge in [0, 0.05) is 27.2 Å². The normalized spacial score (nSPS) is 17.9. The fraction of sp³-hybridized carbons (Fsp3) is 0.769. The molecule has 1 aliphatic rings. The minimum absolute atomic E-state index is 0.663. The van der Waals surface area contributed by atoms with Crippen LogP contribution < -0.4 is 5.32 Å². The third kappa shape index (κ3) is 3.24. The van der Waals surface area contributed by atoms with Gasteiger partial charge in [-0.2, -0.15) is 0 Å². The van der Waals surface area contributed by atoms with Gasteiger partial charge in [0.1, 0.15) is 5.82 Å². The number of likely N-dealkylation sites (tertiary alicyclic amines) is 1. The molecule has 106 valence electrons. The zero-order valence-electron chi connectivity index (χ0n) is 12.3. The van der Waals surface area contributed by atoms with E-state index in [2.05, 4.69) is 32.3 Å². The maximum Gasteiger partial charge on any atom is 0.194 e. The zero-order valence-corrected chi connectivity index (χ0v) is 12.3. The van der Waals surface area contributed by atoms with Crippen LogP contribution in [0.2, 0.25) is 0 Å². The maximum atomic E-state index is 4.36. The smallest absolute Gasteiger partial charge is 0.194 e.